The summed E-state index contributed by atoms with van der Waals surface area (Å²) in [6, 6.07) is 5.30. The van der Waals surface area contributed by atoms with Gasteiger partial charge in [0, 0.05) is 5.56 Å². The van der Waals surface area contributed by atoms with Crippen molar-refractivity contribution < 1.29 is 14.3 Å². The number of carbonyl (C=O) groups is 1. The van der Waals surface area contributed by atoms with Gasteiger partial charge in [-0.05, 0) is 24.6 Å². The molecule has 0 atom stereocenters. The van der Waals surface area contributed by atoms with Crippen LogP contribution in [-0.2, 0) is 4.74 Å². The summed E-state index contributed by atoms with van der Waals surface area (Å²) in [6.45, 7) is 0.682. The van der Waals surface area contributed by atoms with Crippen LogP contribution < -0.4 is 4.74 Å². The Labute approximate surface area is 88.3 Å². The fraction of sp³-hybridized carbons (Fsp3) is 0.250. The van der Waals surface area contributed by atoms with E-state index in [2.05, 4.69) is 4.74 Å². The van der Waals surface area contributed by atoms with Crippen molar-refractivity contribution in [3.63, 3.8) is 0 Å². The first-order valence-corrected chi connectivity index (χ1v) is 4.83. The number of methoxy groups -OCH3 is 1. The Hall–Kier alpha value is -1.77. The molecular weight excluding hydrogens is 192 g/mol. The summed E-state index contributed by atoms with van der Waals surface area (Å²) in [7, 11) is 1.38. The molecule has 1 aromatic carbocycles. The van der Waals surface area contributed by atoms with Gasteiger partial charge in [-0.3, -0.25) is 0 Å². The zero-order valence-corrected chi connectivity index (χ0v) is 8.53. The van der Waals surface area contributed by atoms with Crippen LogP contribution in [0, 0.1) is 0 Å². The Morgan fingerprint density at radius 3 is 3.13 bits per heavy atom. The Kier molecular flexibility index (Phi) is 2.72. The zero-order chi connectivity index (χ0) is 10.7. The normalized spacial score (nSPS) is 13.7. The third-order valence-corrected chi connectivity index (χ3v) is 2.27. The Morgan fingerprint density at radius 2 is 2.33 bits per heavy atom. The van der Waals surface area contributed by atoms with Crippen molar-refractivity contribution in [2.45, 2.75) is 6.42 Å². The number of ether oxygens (including phenoxy) is 2. The molecule has 2 rings (SSSR count). The largest absolute Gasteiger partial charge is 0.493 e. The summed E-state index contributed by atoms with van der Waals surface area (Å²) < 4.78 is 10.2. The molecule has 0 spiro atoms. The number of hydrogen-bond donors (Lipinski definition) is 0. The van der Waals surface area contributed by atoms with E-state index in [9.17, 15) is 4.79 Å². The van der Waals surface area contributed by atoms with Crippen LogP contribution in [-0.4, -0.2) is 19.7 Å². The van der Waals surface area contributed by atoms with Crippen LogP contribution in [0.4, 0.5) is 0 Å². The molecule has 1 aromatic rings. The zero-order valence-electron chi connectivity index (χ0n) is 8.53. The summed E-state index contributed by atoms with van der Waals surface area (Å²) in [5.74, 6) is 0.492. The number of benzene rings is 1. The number of fused-ring (bicyclic) bond motifs is 1. The summed E-state index contributed by atoms with van der Waals surface area (Å²) in [4.78, 5) is 11.3. The Balaban J connectivity index is 2.39. The molecule has 78 valence electrons. The number of rotatable bonds is 1. The highest BCUT2D eigenvalue weighted by Gasteiger charge is 2.10. The molecule has 0 saturated heterocycles. The Bertz CT molecular complexity index is 407. The van der Waals surface area contributed by atoms with Crippen molar-refractivity contribution >= 4 is 12.0 Å². The van der Waals surface area contributed by atoms with E-state index in [0.717, 1.165) is 17.7 Å². The quantitative estimate of drug-likeness (QED) is 0.658. The van der Waals surface area contributed by atoms with Crippen LogP contribution >= 0.6 is 0 Å². The van der Waals surface area contributed by atoms with Gasteiger partial charge in [-0.25, -0.2) is 4.79 Å². The molecule has 0 N–H and O–H groups in total. The van der Waals surface area contributed by atoms with Gasteiger partial charge in [0.25, 0.3) is 0 Å². The number of hydrogen-bond acceptors (Lipinski definition) is 3. The van der Waals surface area contributed by atoms with Gasteiger partial charge in [0.15, 0.2) is 0 Å². The molecule has 1 aliphatic heterocycles. The van der Waals surface area contributed by atoms with E-state index in [1.54, 1.807) is 18.2 Å². The standard InChI is InChI=1S/C12H12O3/c1-14-12(13)10-5-6-11-9(8-10)4-2-3-7-15-11/h2,4-6,8H,3,7H2,1H3. The lowest BCUT2D eigenvalue weighted by Gasteiger charge is -2.07. The number of carbonyl (C=O) groups excluding carboxylic acids is 1. The molecule has 3 heteroatoms. The van der Waals surface area contributed by atoms with E-state index in [-0.39, 0.29) is 5.97 Å². The monoisotopic (exact) mass is 204 g/mol. The molecule has 0 aliphatic carbocycles. The molecule has 0 aromatic heterocycles. The van der Waals surface area contributed by atoms with Crippen LogP contribution in [0.3, 0.4) is 0 Å². The third kappa shape index (κ3) is 2.01. The van der Waals surface area contributed by atoms with Crippen molar-refractivity contribution in [2.24, 2.45) is 0 Å². The smallest absolute Gasteiger partial charge is 0.337 e. The molecule has 0 amide bonds. The SMILES string of the molecule is COC(=O)c1ccc2c(c1)C=CCCO2. The van der Waals surface area contributed by atoms with Gasteiger partial charge in [0.05, 0.1) is 19.3 Å². The molecule has 3 nitrogen and oxygen atoms in total. The van der Waals surface area contributed by atoms with Crippen molar-refractivity contribution in [2.75, 3.05) is 13.7 Å². The van der Waals surface area contributed by atoms with E-state index in [1.165, 1.54) is 7.11 Å². The highest BCUT2D eigenvalue weighted by atomic mass is 16.5. The van der Waals surface area contributed by atoms with Crippen molar-refractivity contribution in [3.05, 3.63) is 35.4 Å². The molecular formula is C12H12O3. The van der Waals surface area contributed by atoms with Crippen LogP contribution in [0.15, 0.2) is 24.3 Å². The van der Waals surface area contributed by atoms with Gasteiger partial charge in [-0.2, -0.15) is 0 Å². The average molecular weight is 204 g/mol. The molecule has 0 bridgehead atoms. The van der Waals surface area contributed by atoms with Gasteiger partial charge < -0.3 is 9.47 Å². The highest BCUT2D eigenvalue weighted by molar-refractivity contribution is 5.90. The lowest BCUT2D eigenvalue weighted by atomic mass is 10.1. The predicted octanol–water partition coefficient (Wildman–Crippen LogP) is 2.27. The van der Waals surface area contributed by atoms with E-state index < -0.39 is 0 Å². The van der Waals surface area contributed by atoms with Gasteiger partial charge >= 0.3 is 5.97 Å². The molecule has 15 heavy (non-hydrogen) atoms. The van der Waals surface area contributed by atoms with Gasteiger partial charge in [0.2, 0.25) is 0 Å². The fourth-order valence-electron chi connectivity index (χ4n) is 1.50. The molecule has 0 fully saturated rings. The third-order valence-electron chi connectivity index (χ3n) is 2.27. The lowest BCUT2D eigenvalue weighted by Crippen LogP contribution is -2.02. The predicted molar refractivity (Wildman–Crippen MR) is 56.9 cm³/mol. The lowest BCUT2D eigenvalue weighted by molar-refractivity contribution is 0.0600. The first-order chi connectivity index (χ1) is 7.31. The van der Waals surface area contributed by atoms with Gasteiger partial charge in [0.1, 0.15) is 5.75 Å². The van der Waals surface area contributed by atoms with Gasteiger partial charge in [-0.15, -0.1) is 0 Å². The van der Waals surface area contributed by atoms with E-state index in [4.69, 9.17) is 4.74 Å². The van der Waals surface area contributed by atoms with E-state index in [0.29, 0.717) is 12.2 Å². The first kappa shape index (κ1) is 9.77. The van der Waals surface area contributed by atoms with Gasteiger partial charge in [-0.1, -0.05) is 12.2 Å². The van der Waals surface area contributed by atoms with E-state index in [1.807, 2.05) is 12.2 Å². The minimum atomic E-state index is -0.324. The molecule has 0 saturated carbocycles. The minimum absolute atomic E-state index is 0.324. The van der Waals surface area contributed by atoms with Crippen LogP contribution in [0.2, 0.25) is 0 Å². The minimum Gasteiger partial charge on any atom is -0.493 e. The van der Waals surface area contributed by atoms with Crippen molar-refractivity contribution in [3.8, 4) is 5.75 Å². The first-order valence-electron chi connectivity index (χ1n) is 4.83. The molecule has 1 heterocycles. The van der Waals surface area contributed by atoms with Crippen molar-refractivity contribution in [1.29, 1.82) is 0 Å². The topological polar surface area (TPSA) is 35.5 Å². The average Bonchev–Trinajstić information content (AvgIpc) is 2.51. The number of esters is 1. The summed E-state index contributed by atoms with van der Waals surface area (Å²) in [5.41, 5.74) is 1.47. The second-order valence-electron chi connectivity index (χ2n) is 3.28. The molecule has 1 aliphatic rings. The maximum atomic E-state index is 11.3. The summed E-state index contributed by atoms with van der Waals surface area (Å²) >= 11 is 0. The Morgan fingerprint density at radius 1 is 1.47 bits per heavy atom. The van der Waals surface area contributed by atoms with E-state index >= 15 is 0 Å². The van der Waals surface area contributed by atoms with Crippen LogP contribution in [0.1, 0.15) is 22.3 Å². The molecule has 0 unspecified atom stereocenters. The second-order valence-corrected chi connectivity index (χ2v) is 3.28. The fourth-order valence-corrected chi connectivity index (χ4v) is 1.50. The maximum Gasteiger partial charge on any atom is 0.337 e. The summed E-state index contributed by atoms with van der Waals surface area (Å²) in [5, 5.41) is 0. The maximum absolute atomic E-state index is 11.3. The van der Waals surface area contributed by atoms with Crippen LogP contribution in [0.25, 0.3) is 6.08 Å². The summed E-state index contributed by atoms with van der Waals surface area (Å²) in [6.07, 6.45) is 4.89. The second kappa shape index (κ2) is 4.17. The molecule has 0 radical (unpaired) electrons. The van der Waals surface area contributed by atoms with Crippen molar-refractivity contribution in [1.82, 2.24) is 0 Å². The van der Waals surface area contributed by atoms with Crippen LogP contribution in [0.5, 0.6) is 5.75 Å². The highest BCUT2D eigenvalue weighted by Crippen LogP contribution is 2.24.